The highest BCUT2D eigenvalue weighted by Gasteiger charge is 2.47. The van der Waals surface area contributed by atoms with Crippen LogP contribution >= 0.6 is 22.7 Å². The molecule has 0 amide bonds. The van der Waals surface area contributed by atoms with Gasteiger partial charge in [0.25, 0.3) is 0 Å². The lowest BCUT2D eigenvalue weighted by Gasteiger charge is -2.42. The molecule has 15 rings (SSSR count). The molecular weight excluding hydrogens is 840 g/mol. The predicted octanol–water partition coefficient (Wildman–Crippen LogP) is 16.3. The van der Waals surface area contributed by atoms with E-state index in [1.165, 1.54) is 129 Å². The van der Waals surface area contributed by atoms with Crippen LogP contribution in [-0.2, 0) is 16.2 Å². The van der Waals surface area contributed by atoms with Gasteiger partial charge in [0.15, 0.2) is 0 Å². The average molecular weight is 887 g/mol. The minimum atomic E-state index is -0.139. The van der Waals surface area contributed by atoms with Crippen molar-refractivity contribution >= 4 is 136 Å². The molecule has 3 aliphatic rings. The Morgan fingerprint density at radius 1 is 0.576 bits per heavy atom. The lowest BCUT2D eigenvalue weighted by molar-refractivity contribution is 0.332. The van der Waals surface area contributed by atoms with Crippen LogP contribution in [0.4, 0.5) is 11.4 Å². The van der Waals surface area contributed by atoms with Crippen LogP contribution in [0.25, 0.3) is 101 Å². The van der Waals surface area contributed by atoms with Gasteiger partial charge < -0.3 is 13.8 Å². The number of furan rings is 1. The molecule has 3 nitrogen and oxygen atoms in total. The summed E-state index contributed by atoms with van der Waals surface area (Å²) in [6, 6.07) is 51.6. The third kappa shape index (κ3) is 4.74. The highest BCUT2D eigenvalue weighted by atomic mass is 32.1. The molecular formula is C60H47BN2OS2. The second-order valence-electron chi connectivity index (χ2n) is 21.9. The molecule has 6 heteroatoms. The first-order valence-corrected chi connectivity index (χ1v) is 25.3. The van der Waals surface area contributed by atoms with Crippen LogP contribution in [0, 0.1) is 0 Å². The van der Waals surface area contributed by atoms with Crippen LogP contribution in [-0.4, -0.2) is 11.4 Å². The molecule has 4 aromatic heterocycles. The maximum absolute atomic E-state index is 7.37. The van der Waals surface area contributed by atoms with E-state index in [9.17, 15) is 0 Å². The molecule has 0 spiro atoms. The smallest absolute Gasteiger partial charge is 0.333 e. The highest BCUT2D eigenvalue weighted by Crippen LogP contribution is 2.55. The minimum Gasteiger partial charge on any atom is -0.455 e. The van der Waals surface area contributed by atoms with E-state index in [0.29, 0.717) is 0 Å². The third-order valence-corrected chi connectivity index (χ3v) is 18.4. The van der Waals surface area contributed by atoms with E-state index in [2.05, 4.69) is 191 Å². The Balaban J connectivity index is 1.20. The van der Waals surface area contributed by atoms with Crippen molar-refractivity contribution < 1.29 is 4.42 Å². The zero-order chi connectivity index (χ0) is 44.3. The number of fused-ring (bicyclic) bond motifs is 20. The minimum absolute atomic E-state index is 0.0270. The van der Waals surface area contributed by atoms with Gasteiger partial charge in [0.1, 0.15) is 11.2 Å². The maximum atomic E-state index is 7.37. The van der Waals surface area contributed by atoms with Crippen molar-refractivity contribution in [3.63, 3.8) is 0 Å². The normalized spacial score (nSPS) is 16.2. The van der Waals surface area contributed by atoms with Gasteiger partial charge in [0.2, 0.25) is 0 Å². The van der Waals surface area contributed by atoms with Gasteiger partial charge in [0.05, 0.1) is 11.0 Å². The number of para-hydroxylation sites is 1. The fourth-order valence-electron chi connectivity index (χ4n) is 12.7. The Labute approximate surface area is 392 Å². The Hall–Kier alpha value is -6.34. The molecule has 0 N–H and O–H groups in total. The van der Waals surface area contributed by atoms with Crippen molar-refractivity contribution in [2.24, 2.45) is 0 Å². The van der Waals surface area contributed by atoms with Crippen LogP contribution in [0.5, 0.6) is 0 Å². The highest BCUT2D eigenvalue weighted by molar-refractivity contribution is 7.26. The summed E-state index contributed by atoms with van der Waals surface area (Å²) >= 11 is 3.82. The number of hydrogen-bond acceptors (Lipinski definition) is 4. The van der Waals surface area contributed by atoms with Crippen LogP contribution < -0.4 is 15.7 Å². The van der Waals surface area contributed by atoms with Crippen molar-refractivity contribution in [3.05, 3.63) is 150 Å². The fourth-order valence-corrected chi connectivity index (χ4v) is 14.9. The Bertz CT molecular complexity index is 4170. The summed E-state index contributed by atoms with van der Waals surface area (Å²) in [6.07, 6.45) is 2.33. The van der Waals surface area contributed by atoms with Gasteiger partial charge in [-0.3, -0.25) is 0 Å². The van der Waals surface area contributed by atoms with Gasteiger partial charge in [-0.1, -0.05) is 115 Å². The summed E-state index contributed by atoms with van der Waals surface area (Å²) in [5.41, 5.74) is 17.8. The molecule has 66 heavy (non-hydrogen) atoms. The van der Waals surface area contributed by atoms with Gasteiger partial charge >= 0.3 is 6.85 Å². The molecule has 2 aliphatic heterocycles. The topological polar surface area (TPSA) is 21.3 Å². The Morgan fingerprint density at radius 2 is 1.18 bits per heavy atom. The molecule has 0 unspecified atom stereocenters. The molecule has 0 saturated carbocycles. The van der Waals surface area contributed by atoms with Gasteiger partial charge in [-0.05, 0) is 123 Å². The van der Waals surface area contributed by atoms with Crippen molar-refractivity contribution in [1.29, 1.82) is 0 Å². The summed E-state index contributed by atoms with van der Waals surface area (Å²) in [4.78, 5) is 2.71. The number of aromatic nitrogens is 1. The summed E-state index contributed by atoms with van der Waals surface area (Å²) in [7, 11) is 0. The number of nitrogens with zero attached hydrogens (tertiary/aromatic N) is 2. The van der Waals surface area contributed by atoms with Crippen molar-refractivity contribution in [2.45, 2.75) is 77.6 Å². The van der Waals surface area contributed by atoms with Gasteiger partial charge in [-0.2, -0.15) is 0 Å². The Morgan fingerprint density at radius 3 is 1.86 bits per heavy atom. The van der Waals surface area contributed by atoms with E-state index in [0.717, 1.165) is 24.0 Å². The first-order valence-electron chi connectivity index (χ1n) is 23.7. The number of anilines is 2. The summed E-state index contributed by atoms with van der Waals surface area (Å²) in [5, 5.41) is 10.3. The molecule has 6 heterocycles. The van der Waals surface area contributed by atoms with E-state index >= 15 is 0 Å². The molecule has 0 radical (unpaired) electrons. The van der Waals surface area contributed by atoms with Gasteiger partial charge in [-0.15, -0.1) is 22.7 Å². The number of benzene rings is 8. The second-order valence-corrected chi connectivity index (χ2v) is 24.0. The monoisotopic (exact) mass is 886 g/mol. The zero-order valence-corrected chi connectivity index (χ0v) is 39.9. The molecule has 0 fully saturated rings. The number of rotatable bonds is 1. The van der Waals surface area contributed by atoms with Crippen molar-refractivity contribution in [2.75, 3.05) is 4.81 Å². The largest absolute Gasteiger partial charge is 0.455 e. The van der Waals surface area contributed by atoms with Crippen molar-refractivity contribution in [1.82, 2.24) is 4.57 Å². The first-order chi connectivity index (χ1) is 31.8. The SMILES string of the molecule is CC(C)(C)c1ccc(N2B3c4cc5sc6ccccc6c5cc4-n4c5cc6c(cc5c5c7c(oc8ccccc87)c(c3c54)-c3cc4sc5ccccc5c4cc32)C(C)(C)CCC6(C)C)cc1. The first kappa shape index (κ1) is 37.8. The lowest BCUT2D eigenvalue weighted by Crippen LogP contribution is -2.60. The molecule has 12 aromatic rings. The average Bonchev–Trinajstić information content (AvgIpc) is 4.07. The van der Waals surface area contributed by atoms with Gasteiger partial charge in [0, 0.05) is 90.1 Å². The summed E-state index contributed by atoms with van der Waals surface area (Å²) in [5.74, 6) is 0. The van der Waals surface area contributed by atoms with E-state index in [1.807, 2.05) is 22.7 Å². The zero-order valence-electron chi connectivity index (χ0n) is 38.3. The van der Waals surface area contributed by atoms with Crippen LogP contribution in [0.3, 0.4) is 0 Å². The lowest BCUT2D eigenvalue weighted by atomic mass is 9.43. The molecule has 0 bridgehead atoms. The molecule has 1 aliphatic carbocycles. The molecule has 0 atom stereocenters. The number of hydrogen-bond donors (Lipinski definition) is 0. The van der Waals surface area contributed by atoms with E-state index < -0.39 is 0 Å². The Kier molecular flexibility index (Phi) is 7.08. The van der Waals surface area contributed by atoms with Gasteiger partial charge in [-0.25, -0.2) is 0 Å². The molecule has 0 saturated heterocycles. The van der Waals surface area contributed by atoms with E-state index in [-0.39, 0.29) is 23.1 Å². The summed E-state index contributed by atoms with van der Waals surface area (Å²) in [6.45, 7) is 16.7. The second kappa shape index (κ2) is 12.4. The van der Waals surface area contributed by atoms with Crippen LogP contribution in [0.15, 0.2) is 138 Å². The van der Waals surface area contributed by atoms with Crippen LogP contribution in [0.2, 0.25) is 0 Å². The number of thiophene rings is 2. The molecule has 318 valence electrons. The van der Waals surface area contributed by atoms with Crippen molar-refractivity contribution in [3.8, 4) is 16.8 Å². The van der Waals surface area contributed by atoms with E-state index in [1.54, 1.807) is 0 Å². The summed E-state index contributed by atoms with van der Waals surface area (Å²) < 4.78 is 15.4. The quantitative estimate of drug-likeness (QED) is 0.153. The fraction of sp³-hybridized carbons (Fsp3) is 0.200. The molecule has 8 aromatic carbocycles. The predicted molar refractivity (Wildman–Crippen MR) is 287 cm³/mol. The maximum Gasteiger partial charge on any atom is 0.333 e. The van der Waals surface area contributed by atoms with E-state index in [4.69, 9.17) is 4.42 Å². The van der Waals surface area contributed by atoms with Crippen LogP contribution in [0.1, 0.15) is 78.0 Å². The standard InChI is InChI=1S/C60H47BN2OS2/c1-58(2,3)32-20-22-33(23-21-32)63-45-27-37-34-14-9-12-18-48(34)65-50(37)29-40(45)54-55-56-52(53-36-16-8-11-17-47(36)64-57(53)54)39-26-41-42(60(6,7)25-24-59(41,4)5)30-44(39)62(56)46-28-38-35-15-10-13-19-49(35)66-51(38)31-43(46)61(55)63/h8-23,26-31H,24-25H2,1-7H3. The third-order valence-electron chi connectivity index (χ3n) is 16.2.